The van der Waals surface area contributed by atoms with Gasteiger partial charge >= 0.3 is 0 Å². The molecule has 3 aromatic heterocycles. The van der Waals surface area contributed by atoms with Gasteiger partial charge in [0, 0.05) is 115 Å². The standard InChI is InChI=1S/C27H35N7O3.C24H27N3O2S.3C12H15NO2/c1-16-13-20(26(37)34(8)23(19(4)36)11-9-17(2)35)10-12-22(16)33(7)15-21-14-28-25-24(30-21)18(3)29-27(31-25)32(5)6;1-17-7-9-18(10-8-17)22(28)19-11-13-26(14-12-19)15-16-27-23(29)20-5-3-4-6-21(20)25(2)24(27)30;1-9-4-6-11(7-5-9)12(15)13(3)8-10(2)14;1-9-5-4-6-11(7-9)12(15)13(3)8-10(2)14;1-9-6-4-5-7-11(9)12(15)13(3)8-10(2)14/h10,12-14,23H,9,11,15H2,1-8H3;3-10,19H,11-16H2,1-2H3;3*4-7H,8H2,1-3H3/t23-;;;;/m0..../s1. The number of piperidine rings is 1. The first kappa shape index (κ1) is 89.5. The third kappa shape index (κ3) is 25.8. The number of aryl methyl sites for hydroxylation is 7. The molecule has 112 heavy (non-hydrogen) atoms. The van der Waals surface area contributed by atoms with Gasteiger partial charge in [-0.1, -0.05) is 95.6 Å². The molecule has 1 fully saturated rings. The number of carbonyl (C=O) groups excluding carboxylic acids is 10. The molecule has 0 N–H and O–H groups in total. The SMILES string of the molecule is CC(=O)CC[C@@H](C(C)=O)N(C)C(=O)c1ccc(N(C)Cc2cnc3nc(N(C)C)nc(C)c3n2)c(C)c1.CC(=O)CN(C)C(=O)c1ccc(C)cc1.CC(=O)CN(C)C(=O)c1cccc(C)c1.CC(=O)CN(C)C(=O)c1ccccc1C.Cc1ccc(C(=O)C2CCN(CCn3c(=O)c4ccccc4n(C)c3=S)CC2)cc1. The lowest BCUT2D eigenvalue weighted by molar-refractivity contribution is -0.122. The first-order valence-electron chi connectivity index (χ1n) is 37.1. The van der Waals surface area contributed by atoms with Gasteiger partial charge in [-0.3, -0.25) is 52.5 Å². The first-order valence-corrected chi connectivity index (χ1v) is 37.5. The van der Waals surface area contributed by atoms with Crippen molar-refractivity contribution < 1.29 is 47.9 Å². The molecule has 0 spiro atoms. The molecule has 24 nitrogen and oxygen atoms in total. The molecule has 0 aliphatic carbocycles. The van der Waals surface area contributed by atoms with Crippen LogP contribution < -0.4 is 15.4 Å². The van der Waals surface area contributed by atoms with Crippen LogP contribution in [0, 0.1) is 52.2 Å². The van der Waals surface area contributed by atoms with E-state index in [0.29, 0.717) is 69.0 Å². The molecule has 4 amide bonds. The molecule has 1 aliphatic rings. The number of anilines is 2. The zero-order valence-electron chi connectivity index (χ0n) is 68.2. The fraction of sp³-hybridized carbons (Fsp3) is 0.379. The predicted octanol–water partition coefficient (Wildman–Crippen LogP) is 12.1. The van der Waals surface area contributed by atoms with E-state index < -0.39 is 6.04 Å². The van der Waals surface area contributed by atoms with Gasteiger partial charge in [0.05, 0.1) is 60.7 Å². The van der Waals surface area contributed by atoms with Crippen LogP contribution in [0.2, 0.25) is 0 Å². The monoisotopic (exact) mass is 1540 g/mol. The van der Waals surface area contributed by atoms with Crippen molar-refractivity contribution >= 4 is 104 Å². The van der Waals surface area contributed by atoms with Crippen LogP contribution in [0.1, 0.15) is 151 Å². The number of aromatic nitrogens is 6. The second-order valence-electron chi connectivity index (χ2n) is 29.0. The molecule has 10 rings (SSSR count). The van der Waals surface area contributed by atoms with E-state index in [1.54, 1.807) is 69.3 Å². The number of nitrogens with zero attached hydrogens (tertiary/aromatic N) is 13. The largest absolute Gasteiger partial charge is 0.368 e. The van der Waals surface area contributed by atoms with E-state index in [9.17, 15) is 52.7 Å². The number of rotatable bonds is 24. The lowest BCUT2D eigenvalue weighted by Crippen LogP contribution is -2.41. The number of benzene rings is 6. The van der Waals surface area contributed by atoms with Crippen LogP contribution in [0.25, 0.3) is 22.1 Å². The quantitative estimate of drug-likeness (QED) is 0.0401. The number of amides is 4. The summed E-state index contributed by atoms with van der Waals surface area (Å²) in [7, 11) is 14.1. The van der Waals surface area contributed by atoms with Crippen LogP contribution in [0.4, 0.5) is 11.6 Å². The highest BCUT2D eigenvalue weighted by Gasteiger charge is 2.28. The Hall–Kier alpha value is -11.4. The highest BCUT2D eigenvalue weighted by molar-refractivity contribution is 7.71. The molecule has 0 saturated carbocycles. The number of carbonyl (C=O) groups is 10. The van der Waals surface area contributed by atoms with Crippen molar-refractivity contribution in [3.8, 4) is 0 Å². The van der Waals surface area contributed by atoms with E-state index in [1.165, 1.54) is 59.8 Å². The number of ketones is 6. The van der Waals surface area contributed by atoms with Crippen molar-refractivity contribution in [2.75, 3.05) is 98.4 Å². The van der Waals surface area contributed by atoms with Crippen molar-refractivity contribution in [2.24, 2.45) is 13.0 Å². The second kappa shape index (κ2) is 42.1. The Morgan fingerprint density at radius 3 is 1.62 bits per heavy atom. The second-order valence-corrected chi connectivity index (χ2v) is 29.3. The molecule has 592 valence electrons. The number of hydrogen-bond acceptors (Lipinski definition) is 19. The van der Waals surface area contributed by atoms with E-state index in [4.69, 9.17) is 17.2 Å². The van der Waals surface area contributed by atoms with E-state index in [0.717, 1.165) is 82.9 Å². The van der Waals surface area contributed by atoms with Gasteiger partial charge in [-0.25, -0.2) is 15.0 Å². The molecule has 4 heterocycles. The van der Waals surface area contributed by atoms with Crippen molar-refractivity contribution in [1.82, 2.24) is 53.6 Å². The Balaban J connectivity index is 0.000000232. The molecular formula is C87H107N13O11S. The molecule has 1 aliphatic heterocycles. The molecular weight excluding hydrogens is 1440 g/mol. The molecule has 1 atom stereocenters. The maximum Gasteiger partial charge on any atom is 0.262 e. The van der Waals surface area contributed by atoms with Crippen LogP contribution in [-0.4, -0.2) is 207 Å². The Labute approximate surface area is 662 Å². The average Bonchev–Trinajstić information content (AvgIpc) is 0.777. The number of likely N-dealkylation sites (N-methyl/N-ethyl adjacent to an activating group) is 4. The predicted molar refractivity (Wildman–Crippen MR) is 443 cm³/mol. The maximum atomic E-state index is 13.1. The summed E-state index contributed by atoms with van der Waals surface area (Å²) in [5.41, 5.74) is 12.9. The van der Waals surface area contributed by atoms with Gasteiger partial charge in [0.2, 0.25) is 5.95 Å². The Kier molecular flexibility index (Phi) is 33.6. The van der Waals surface area contributed by atoms with Crippen molar-refractivity contribution in [1.29, 1.82) is 0 Å². The summed E-state index contributed by atoms with van der Waals surface area (Å²) in [6, 6.07) is 42.3. The fourth-order valence-corrected chi connectivity index (χ4v) is 12.9. The molecule has 0 bridgehead atoms. The van der Waals surface area contributed by atoms with Crippen LogP contribution >= 0.6 is 12.2 Å². The Morgan fingerprint density at radius 2 is 1.07 bits per heavy atom. The summed E-state index contributed by atoms with van der Waals surface area (Å²) in [6.07, 6.45) is 4.00. The van der Waals surface area contributed by atoms with Gasteiger partial charge in [-0.05, 0) is 193 Å². The molecule has 1 saturated heterocycles. The number of para-hydroxylation sites is 1. The van der Waals surface area contributed by atoms with Crippen molar-refractivity contribution in [3.63, 3.8) is 0 Å². The molecule has 9 aromatic rings. The van der Waals surface area contributed by atoms with Gasteiger partial charge in [0.25, 0.3) is 29.2 Å². The molecule has 0 radical (unpaired) electrons. The Bertz CT molecular complexity index is 5010. The zero-order chi connectivity index (χ0) is 83.0. The first-order chi connectivity index (χ1) is 52.9. The summed E-state index contributed by atoms with van der Waals surface area (Å²) in [5.74, 6) is 0.133. The van der Waals surface area contributed by atoms with Crippen LogP contribution in [-0.2, 0) is 44.1 Å². The van der Waals surface area contributed by atoms with Gasteiger partial charge in [0.1, 0.15) is 28.6 Å². The van der Waals surface area contributed by atoms with Gasteiger partial charge < -0.3 is 43.7 Å². The van der Waals surface area contributed by atoms with Gasteiger partial charge in [0.15, 0.2) is 22.0 Å². The molecule has 25 heteroatoms. The van der Waals surface area contributed by atoms with Gasteiger partial charge in [-0.2, -0.15) is 4.98 Å². The van der Waals surface area contributed by atoms with E-state index >= 15 is 0 Å². The summed E-state index contributed by atoms with van der Waals surface area (Å²) >= 11 is 5.55. The van der Waals surface area contributed by atoms with Crippen LogP contribution in [0.3, 0.4) is 0 Å². The molecule has 0 unspecified atom stereocenters. The lowest BCUT2D eigenvalue weighted by atomic mass is 9.88. The highest BCUT2D eigenvalue weighted by atomic mass is 32.1. The third-order valence-electron chi connectivity index (χ3n) is 18.9. The summed E-state index contributed by atoms with van der Waals surface area (Å²) in [4.78, 5) is 161. The summed E-state index contributed by atoms with van der Waals surface area (Å²) in [6.45, 7) is 23.0. The fourth-order valence-electron chi connectivity index (χ4n) is 12.7. The summed E-state index contributed by atoms with van der Waals surface area (Å²) in [5, 5.41) is 0.691. The summed E-state index contributed by atoms with van der Waals surface area (Å²) < 4.78 is 4.14. The minimum atomic E-state index is -0.633. The van der Waals surface area contributed by atoms with Crippen LogP contribution in [0.5, 0.6) is 0 Å². The molecule has 6 aromatic carbocycles. The number of fused-ring (bicyclic) bond motifs is 2. The van der Waals surface area contributed by atoms with E-state index in [2.05, 4.69) is 19.9 Å². The van der Waals surface area contributed by atoms with Crippen molar-refractivity contribution in [2.45, 2.75) is 121 Å². The minimum Gasteiger partial charge on any atom is -0.368 e. The lowest BCUT2D eigenvalue weighted by Gasteiger charge is -2.31. The normalized spacial score (nSPS) is 12.0. The van der Waals surface area contributed by atoms with Crippen molar-refractivity contribution in [3.05, 3.63) is 228 Å². The smallest absolute Gasteiger partial charge is 0.262 e. The number of Topliss-reactive ketones (excluding diaryl/α,β-unsaturated/α-hetero) is 6. The number of likely N-dealkylation sites (tertiary alicyclic amines) is 1. The Morgan fingerprint density at radius 1 is 0.536 bits per heavy atom. The highest BCUT2D eigenvalue weighted by Crippen LogP contribution is 2.26. The zero-order valence-corrected chi connectivity index (χ0v) is 69.0. The minimum absolute atomic E-state index is 0.00700. The van der Waals surface area contributed by atoms with Gasteiger partial charge in [-0.15, -0.1) is 0 Å². The maximum absolute atomic E-state index is 13.1. The third-order valence-corrected chi connectivity index (χ3v) is 19.3. The topological polar surface area (TPSA) is 272 Å². The number of hydrogen-bond donors (Lipinski definition) is 0. The van der Waals surface area contributed by atoms with E-state index in [1.807, 2.05) is 193 Å². The van der Waals surface area contributed by atoms with E-state index in [-0.39, 0.29) is 95.9 Å². The van der Waals surface area contributed by atoms with Crippen LogP contribution in [0.15, 0.2) is 151 Å². The average molecular weight is 1540 g/mol.